The van der Waals surface area contributed by atoms with E-state index in [9.17, 15) is 0 Å². The molecule has 0 amide bonds. The number of hydrogen-bond acceptors (Lipinski definition) is 2. The van der Waals surface area contributed by atoms with E-state index in [1.807, 2.05) is 0 Å². The topological polar surface area (TPSA) is 62.0 Å². The van der Waals surface area contributed by atoms with E-state index >= 15 is 0 Å². The zero-order valence-electron chi connectivity index (χ0n) is 32.8. The molecule has 0 fully saturated rings. The fraction of sp³-hybridized carbons (Fsp3) is 0.167. The first-order valence-corrected chi connectivity index (χ1v) is 19.7. The number of fused-ring (bicyclic) bond motifs is 8. The molecule has 8 bridgehead atoms. The van der Waals surface area contributed by atoms with Crippen LogP contribution in [0.5, 0.6) is 0 Å². The fourth-order valence-electron chi connectivity index (χ4n) is 7.86. The molecule has 0 saturated carbocycles. The number of aromatic amines is 1. The van der Waals surface area contributed by atoms with Crippen molar-refractivity contribution in [3.8, 4) is 39.1 Å². The standard InChI is InChI=1S/C48H46N8.Mn/c1-5-52-23-9-13-34(30-52)45-43-22-21-40(51-43)28-39-18-17-37(49-39)27-38-19-20-41(50-38)29-44-46(35-14-10-24-53(6-2)31-35)47(36-15-11-25-54(7-3)32-36)48(45)56(44)42-16-12-26-55(8-4)33-42;/h9-33,49H,5-8H2,1-4H3;/q+4;. The summed E-state index contributed by atoms with van der Waals surface area (Å²) < 4.78 is 11.5. The van der Waals surface area contributed by atoms with Gasteiger partial charge >= 0.3 is 0 Å². The van der Waals surface area contributed by atoms with Gasteiger partial charge in [-0.3, -0.25) is 0 Å². The first kappa shape index (κ1) is 37.6. The van der Waals surface area contributed by atoms with E-state index in [-0.39, 0.29) is 17.1 Å². The van der Waals surface area contributed by atoms with Crippen LogP contribution in [0, 0.1) is 0 Å². The van der Waals surface area contributed by atoms with Crippen LogP contribution in [0.4, 0.5) is 0 Å². The van der Waals surface area contributed by atoms with Crippen LogP contribution >= 0.6 is 0 Å². The number of aromatic nitrogens is 8. The van der Waals surface area contributed by atoms with Crippen LogP contribution in [0.1, 0.15) is 50.5 Å². The molecule has 2 aliphatic heterocycles. The number of aryl methyl sites for hydroxylation is 4. The molecule has 281 valence electrons. The van der Waals surface area contributed by atoms with Crippen molar-refractivity contribution in [1.82, 2.24) is 19.5 Å². The summed E-state index contributed by atoms with van der Waals surface area (Å²) in [6.07, 6.45) is 26.2. The summed E-state index contributed by atoms with van der Waals surface area (Å²) in [5, 5.41) is 0. The number of pyridine rings is 4. The van der Waals surface area contributed by atoms with Gasteiger partial charge in [0.1, 0.15) is 31.9 Å². The number of nitrogens with zero attached hydrogens (tertiary/aromatic N) is 7. The molecule has 2 aliphatic rings. The summed E-state index contributed by atoms with van der Waals surface area (Å²) in [4.78, 5) is 14.2. The molecule has 0 saturated heterocycles. The van der Waals surface area contributed by atoms with Crippen molar-refractivity contribution in [3.05, 3.63) is 151 Å². The predicted octanol–water partition coefficient (Wildman–Crippen LogP) is 8.35. The van der Waals surface area contributed by atoms with Crippen LogP contribution in [-0.2, 0) is 43.2 Å². The Labute approximate surface area is 343 Å². The largest absolute Gasteiger partial charge is 0.355 e. The zero-order valence-corrected chi connectivity index (χ0v) is 34.0. The number of H-pyrrole nitrogens is 1. The maximum Gasteiger partial charge on any atom is 0.193 e. The van der Waals surface area contributed by atoms with Crippen LogP contribution in [-0.4, -0.2) is 19.5 Å². The summed E-state index contributed by atoms with van der Waals surface area (Å²) in [7, 11) is 0. The van der Waals surface area contributed by atoms with E-state index in [0.717, 1.165) is 110 Å². The molecule has 7 aromatic rings. The second-order valence-electron chi connectivity index (χ2n) is 14.2. The Hall–Kier alpha value is -6.28. The van der Waals surface area contributed by atoms with Gasteiger partial charge in [0.25, 0.3) is 0 Å². The average molecular weight is 790 g/mol. The SMILES string of the molecule is CC[n+]1cccc(-c2c(-c3ccc[n+](CC)c3)c3c(-c4ccc[n+](CC)c4)c4nc(cc5ccc(cc6nc(cc2n3-c2ccc[n+](CC)c2)C=C6)[nH]5)C=C4)c1.[Mn]. The maximum atomic E-state index is 5.42. The van der Waals surface area contributed by atoms with Gasteiger partial charge in [-0.25, -0.2) is 28.2 Å². The van der Waals surface area contributed by atoms with Crippen molar-refractivity contribution >= 4 is 46.4 Å². The van der Waals surface area contributed by atoms with E-state index < -0.39 is 0 Å². The molecule has 9 rings (SSSR count). The third-order valence-electron chi connectivity index (χ3n) is 10.7. The zero-order chi connectivity index (χ0) is 38.2. The Bertz CT molecular complexity index is 2880. The second kappa shape index (κ2) is 16.1. The quantitative estimate of drug-likeness (QED) is 0.124. The molecule has 1 radical (unpaired) electrons. The number of rotatable bonds is 8. The van der Waals surface area contributed by atoms with Gasteiger partial charge in [-0.05, 0) is 107 Å². The normalized spacial score (nSPS) is 11.9. The summed E-state index contributed by atoms with van der Waals surface area (Å²) >= 11 is 0. The van der Waals surface area contributed by atoms with Gasteiger partial charge < -0.3 is 9.55 Å². The van der Waals surface area contributed by atoms with E-state index in [4.69, 9.17) is 9.97 Å². The minimum Gasteiger partial charge on any atom is -0.355 e. The molecule has 1 N–H and O–H groups in total. The summed E-state index contributed by atoms with van der Waals surface area (Å²) in [6.45, 7) is 12.1. The third kappa shape index (κ3) is 7.28. The fourth-order valence-corrected chi connectivity index (χ4v) is 7.86. The van der Waals surface area contributed by atoms with Crippen molar-refractivity contribution in [3.63, 3.8) is 0 Å². The molecule has 9 heterocycles. The van der Waals surface area contributed by atoms with Gasteiger partial charge in [0, 0.05) is 85.7 Å². The van der Waals surface area contributed by atoms with E-state index in [1.54, 1.807) is 0 Å². The van der Waals surface area contributed by atoms with E-state index in [1.165, 1.54) is 0 Å². The minimum atomic E-state index is 0. The van der Waals surface area contributed by atoms with Crippen molar-refractivity contribution in [2.45, 2.75) is 53.9 Å². The van der Waals surface area contributed by atoms with Crippen LogP contribution in [0.15, 0.2) is 128 Å². The van der Waals surface area contributed by atoms with Gasteiger partial charge in [-0.1, -0.05) is 0 Å². The monoisotopic (exact) mass is 789 g/mol. The molecule has 0 spiro atoms. The molecular weight excluding hydrogens is 744 g/mol. The second-order valence-corrected chi connectivity index (χ2v) is 14.2. The van der Waals surface area contributed by atoms with Gasteiger partial charge in [0.05, 0.1) is 33.8 Å². The van der Waals surface area contributed by atoms with E-state index in [0.29, 0.717) is 0 Å². The Kier molecular flexibility index (Phi) is 10.6. The molecule has 0 atom stereocenters. The van der Waals surface area contributed by atoms with Crippen LogP contribution < -0.4 is 18.3 Å². The molecule has 9 heteroatoms. The maximum absolute atomic E-state index is 5.42. The molecule has 0 unspecified atom stereocenters. The first-order valence-electron chi connectivity index (χ1n) is 19.7. The first-order chi connectivity index (χ1) is 27.5. The molecule has 0 aromatic carbocycles. The smallest absolute Gasteiger partial charge is 0.193 e. The Morgan fingerprint density at radius 2 is 0.982 bits per heavy atom. The molecule has 8 nitrogen and oxygen atoms in total. The minimum absolute atomic E-state index is 0. The van der Waals surface area contributed by atoms with Crippen LogP contribution in [0.3, 0.4) is 0 Å². The van der Waals surface area contributed by atoms with Crippen molar-refractivity contribution in [1.29, 1.82) is 0 Å². The third-order valence-corrected chi connectivity index (χ3v) is 10.7. The molecular formula is C48H46MnN8+4. The van der Waals surface area contributed by atoms with Gasteiger partial charge in [0.15, 0.2) is 49.6 Å². The van der Waals surface area contributed by atoms with Gasteiger partial charge in [0.2, 0.25) is 0 Å². The Morgan fingerprint density at radius 1 is 0.509 bits per heavy atom. The Morgan fingerprint density at radius 3 is 1.56 bits per heavy atom. The van der Waals surface area contributed by atoms with Crippen LogP contribution in [0.2, 0.25) is 0 Å². The molecule has 7 aromatic heterocycles. The van der Waals surface area contributed by atoms with E-state index in [2.05, 4.69) is 208 Å². The Balaban J connectivity index is 0.00000455. The molecule has 0 aliphatic carbocycles. The van der Waals surface area contributed by atoms with Crippen molar-refractivity contribution in [2.24, 2.45) is 0 Å². The number of hydrogen-bond donors (Lipinski definition) is 1. The summed E-state index contributed by atoms with van der Waals surface area (Å²) in [5.74, 6) is 0. The van der Waals surface area contributed by atoms with Gasteiger partial charge in [-0.15, -0.1) is 0 Å². The predicted molar refractivity (Wildman–Crippen MR) is 224 cm³/mol. The number of nitrogens with one attached hydrogen (secondary N) is 1. The van der Waals surface area contributed by atoms with Crippen LogP contribution in [0.25, 0.3) is 85.4 Å². The molecule has 57 heavy (non-hydrogen) atoms. The van der Waals surface area contributed by atoms with Crippen molar-refractivity contribution < 1.29 is 35.3 Å². The summed E-state index contributed by atoms with van der Waals surface area (Å²) in [6, 6.07) is 28.2. The van der Waals surface area contributed by atoms with Gasteiger partial charge in [-0.2, -0.15) is 0 Å². The average Bonchev–Trinajstić information content (AvgIpc) is 4.06. The summed E-state index contributed by atoms with van der Waals surface area (Å²) in [5.41, 5.74) is 15.3. The van der Waals surface area contributed by atoms with Crippen molar-refractivity contribution in [2.75, 3.05) is 0 Å².